The highest BCUT2D eigenvalue weighted by Crippen LogP contribution is 2.27. The number of hydrogen-bond donors (Lipinski definition) is 1. The number of nitrogens with one attached hydrogen (secondary N) is 1. The normalized spacial score (nSPS) is 13.2. The van der Waals surface area contributed by atoms with Gasteiger partial charge in [0.2, 0.25) is 5.43 Å². The van der Waals surface area contributed by atoms with Crippen LogP contribution in [0.4, 0.5) is 4.79 Å². The topological polar surface area (TPSA) is 94.8 Å². The quantitative estimate of drug-likeness (QED) is 0.317. The molecule has 3 rings (SSSR count). The van der Waals surface area contributed by atoms with Crippen molar-refractivity contribution >= 4 is 34.6 Å². The van der Waals surface area contributed by atoms with Gasteiger partial charge in [-0.1, -0.05) is 44.0 Å². The molecule has 7 nitrogen and oxygen atoms in total. The summed E-state index contributed by atoms with van der Waals surface area (Å²) in [5.74, 6) is -0.208. The highest BCUT2D eigenvalue weighted by molar-refractivity contribution is 6.30. The number of hydrogen-bond acceptors (Lipinski definition) is 6. The van der Waals surface area contributed by atoms with Crippen LogP contribution in [0.1, 0.15) is 46.8 Å². The first-order chi connectivity index (χ1) is 16.4. The molecule has 0 bridgehead atoms. The molecule has 0 radical (unpaired) electrons. The monoisotopic (exact) mass is 499 g/mol. The molecule has 2 atom stereocenters. The van der Waals surface area contributed by atoms with Crippen molar-refractivity contribution in [3.8, 4) is 16.9 Å². The Balaban J connectivity index is 1.88. The standard InChI is InChI=1S/C27H30ClNO6/c1-7-15(2)23(29-26(32)35-27(4,5)6)25(31)34-19-12-13-20-21(14-19)33-16(3)22(24(20)30)17-8-10-18(28)11-9-17/h8-15,23H,7H2,1-6H3,(H,29,32)/t15-,23-/m1/s1. The van der Waals surface area contributed by atoms with Crippen molar-refractivity contribution in [1.29, 1.82) is 0 Å². The number of amides is 1. The average Bonchev–Trinajstić information content (AvgIpc) is 2.76. The Bertz CT molecular complexity index is 1290. The lowest BCUT2D eigenvalue weighted by atomic mass is 9.99. The lowest BCUT2D eigenvalue weighted by molar-refractivity contribution is -0.138. The Hall–Kier alpha value is -3.32. The van der Waals surface area contributed by atoms with Crippen LogP contribution in [-0.4, -0.2) is 23.7 Å². The van der Waals surface area contributed by atoms with E-state index in [9.17, 15) is 14.4 Å². The van der Waals surface area contributed by atoms with Crippen LogP contribution in [0.3, 0.4) is 0 Å². The van der Waals surface area contributed by atoms with E-state index in [-0.39, 0.29) is 22.7 Å². The first-order valence-electron chi connectivity index (χ1n) is 11.4. The third kappa shape index (κ3) is 6.42. The van der Waals surface area contributed by atoms with Crippen molar-refractivity contribution in [3.05, 3.63) is 63.5 Å². The average molecular weight is 500 g/mol. The van der Waals surface area contributed by atoms with E-state index in [1.807, 2.05) is 13.8 Å². The van der Waals surface area contributed by atoms with Crippen LogP contribution < -0.4 is 15.5 Å². The molecule has 3 aromatic rings. The van der Waals surface area contributed by atoms with Crippen LogP contribution in [0.25, 0.3) is 22.1 Å². The largest absolute Gasteiger partial charge is 0.460 e. The molecule has 0 aliphatic rings. The summed E-state index contributed by atoms with van der Waals surface area (Å²) in [6.07, 6.45) is -0.0657. The molecule has 1 heterocycles. The number of aryl methyl sites for hydroxylation is 1. The number of alkyl carbamates (subject to hydrolysis) is 1. The van der Waals surface area contributed by atoms with E-state index < -0.39 is 23.7 Å². The number of fused-ring (bicyclic) bond motifs is 1. The molecule has 0 aliphatic carbocycles. The molecular formula is C27H30ClNO6. The van der Waals surface area contributed by atoms with Crippen LogP contribution in [0, 0.1) is 12.8 Å². The number of ether oxygens (including phenoxy) is 2. The van der Waals surface area contributed by atoms with Crippen molar-refractivity contribution in [2.24, 2.45) is 5.92 Å². The molecule has 1 amide bonds. The zero-order chi connectivity index (χ0) is 25.9. The van der Waals surface area contributed by atoms with Crippen molar-refractivity contribution in [3.63, 3.8) is 0 Å². The van der Waals surface area contributed by atoms with E-state index in [0.717, 1.165) is 0 Å². The van der Waals surface area contributed by atoms with Crippen molar-refractivity contribution < 1.29 is 23.5 Å². The van der Waals surface area contributed by atoms with Crippen LogP contribution >= 0.6 is 11.6 Å². The van der Waals surface area contributed by atoms with Gasteiger partial charge in [0.25, 0.3) is 0 Å². The van der Waals surface area contributed by atoms with Crippen molar-refractivity contribution in [1.82, 2.24) is 5.32 Å². The minimum atomic E-state index is -0.911. The number of esters is 1. The first kappa shape index (κ1) is 26.3. The number of carbonyl (C=O) groups is 2. The Morgan fingerprint density at radius 3 is 2.37 bits per heavy atom. The van der Waals surface area contributed by atoms with Crippen LogP contribution in [0.5, 0.6) is 5.75 Å². The SMILES string of the molecule is CC[C@@H](C)[C@@H](NC(=O)OC(C)(C)C)C(=O)Oc1ccc2c(=O)c(-c3ccc(Cl)cc3)c(C)oc2c1. The van der Waals surface area contributed by atoms with E-state index in [0.29, 0.717) is 33.7 Å². The Morgan fingerprint density at radius 2 is 1.77 bits per heavy atom. The Morgan fingerprint density at radius 1 is 1.11 bits per heavy atom. The van der Waals surface area contributed by atoms with Gasteiger partial charge in [-0.3, -0.25) is 4.79 Å². The summed E-state index contributed by atoms with van der Waals surface area (Å²) < 4.78 is 16.8. The second-order valence-corrected chi connectivity index (χ2v) is 9.89. The van der Waals surface area contributed by atoms with E-state index >= 15 is 0 Å². The number of rotatable bonds is 6. The summed E-state index contributed by atoms with van der Waals surface area (Å²) in [6.45, 7) is 10.7. The smallest absolute Gasteiger partial charge is 0.408 e. The lowest BCUT2D eigenvalue weighted by Crippen LogP contribution is -2.48. The van der Waals surface area contributed by atoms with Gasteiger partial charge in [-0.05, 0) is 63.4 Å². The van der Waals surface area contributed by atoms with Gasteiger partial charge in [0.1, 0.15) is 28.7 Å². The Labute approximate surface area is 209 Å². The molecule has 0 unspecified atom stereocenters. The number of halogens is 1. The fourth-order valence-corrected chi connectivity index (χ4v) is 3.71. The summed E-state index contributed by atoms with van der Waals surface area (Å²) in [6, 6.07) is 10.6. The molecule has 8 heteroatoms. The molecular weight excluding hydrogens is 470 g/mol. The summed E-state index contributed by atoms with van der Waals surface area (Å²) in [4.78, 5) is 38.4. The minimum absolute atomic E-state index is 0.197. The lowest BCUT2D eigenvalue weighted by Gasteiger charge is -2.25. The fourth-order valence-electron chi connectivity index (χ4n) is 3.58. The maximum Gasteiger partial charge on any atom is 0.408 e. The first-order valence-corrected chi connectivity index (χ1v) is 11.8. The highest BCUT2D eigenvalue weighted by atomic mass is 35.5. The molecule has 186 valence electrons. The molecule has 2 aromatic carbocycles. The summed E-state index contributed by atoms with van der Waals surface area (Å²) in [5.41, 5.74) is 0.524. The third-order valence-electron chi connectivity index (χ3n) is 5.53. The number of carbonyl (C=O) groups excluding carboxylic acids is 2. The second kappa shape index (κ2) is 10.5. The van der Waals surface area contributed by atoms with Gasteiger partial charge in [0, 0.05) is 11.1 Å². The van der Waals surface area contributed by atoms with E-state index in [2.05, 4.69) is 5.32 Å². The van der Waals surface area contributed by atoms with Crippen LogP contribution in [0.15, 0.2) is 51.7 Å². The molecule has 0 spiro atoms. The van der Waals surface area contributed by atoms with Crippen LogP contribution in [-0.2, 0) is 9.53 Å². The molecule has 0 fully saturated rings. The molecule has 0 aliphatic heterocycles. The van der Waals surface area contributed by atoms with Gasteiger partial charge in [0.05, 0.1) is 10.9 Å². The summed E-state index contributed by atoms with van der Waals surface area (Å²) in [5, 5.41) is 3.53. The van der Waals surface area contributed by atoms with Crippen LogP contribution in [0.2, 0.25) is 5.02 Å². The maximum atomic E-state index is 13.2. The zero-order valence-corrected chi connectivity index (χ0v) is 21.5. The van der Waals surface area contributed by atoms with Crippen molar-refractivity contribution in [2.75, 3.05) is 0 Å². The third-order valence-corrected chi connectivity index (χ3v) is 5.78. The molecule has 0 saturated carbocycles. The van der Waals surface area contributed by atoms with Crippen molar-refractivity contribution in [2.45, 2.75) is 59.6 Å². The molecule has 1 N–H and O–H groups in total. The predicted molar refractivity (Wildman–Crippen MR) is 136 cm³/mol. The van der Waals surface area contributed by atoms with Gasteiger partial charge < -0.3 is 19.2 Å². The van der Waals surface area contributed by atoms with E-state index in [1.165, 1.54) is 12.1 Å². The van der Waals surface area contributed by atoms with Gasteiger partial charge in [-0.2, -0.15) is 0 Å². The second-order valence-electron chi connectivity index (χ2n) is 9.46. The molecule has 35 heavy (non-hydrogen) atoms. The van der Waals surface area contributed by atoms with E-state index in [1.54, 1.807) is 58.0 Å². The predicted octanol–water partition coefficient (Wildman–Crippen LogP) is 6.27. The summed E-state index contributed by atoms with van der Waals surface area (Å²) in [7, 11) is 0. The number of benzene rings is 2. The van der Waals surface area contributed by atoms with Gasteiger partial charge in [-0.15, -0.1) is 0 Å². The zero-order valence-electron chi connectivity index (χ0n) is 20.7. The summed E-state index contributed by atoms with van der Waals surface area (Å²) >= 11 is 5.97. The highest BCUT2D eigenvalue weighted by Gasteiger charge is 2.30. The molecule has 1 aromatic heterocycles. The molecule has 0 saturated heterocycles. The fraction of sp³-hybridized carbons (Fsp3) is 0.370. The van der Waals surface area contributed by atoms with E-state index in [4.69, 9.17) is 25.5 Å². The maximum absolute atomic E-state index is 13.2. The minimum Gasteiger partial charge on any atom is -0.460 e. The van der Waals surface area contributed by atoms with Gasteiger partial charge in [0.15, 0.2) is 0 Å². The van der Waals surface area contributed by atoms with Gasteiger partial charge >= 0.3 is 12.1 Å². The Kier molecular flexibility index (Phi) is 7.90. The van der Waals surface area contributed by atoms with Gasteiger partial charge in [-0.25, -0.2) is 9.59 Å².